The van der Waals surface area contributed by atoms with E-state index in [-0.39, 0.29) is 5.75 Å². The van der Waals surface area contributed by atoms with Gasteiger partial charge in [0.05, 0.1) is 5.54 Å². The van der Waals surface area contributed by atoms with Crippen LogP contribution < -0.4 is 0 Å². The van der Waals surface area contributed by atoms with Crippen LogP contribution in [0.3, 0.4) is 0 Å². The lowest BCUT2D eigenvalue weighted by Gasteiger charge is -2.37. The van der Waals surface area contributed by atoms with Crippen molar-refractivity contribution in [3.8, 4) is 5.75 Å². The van der Waals surface area contributed by atoms with E-state index >= 15 is 0 Å². The summed E-state index contributed by atoms with van der Waals surface area (Å²) in [6.45, 7) is 0. The Morgan fingerprint density at radius 1 is 1.47 bits per heavy atom. The highest BCUT2D eigenvalue weighted by Gasteiger charge is 2.40. The first-order valence-electron chi connectivity index (χ1n) is 4.76. The molecule has 0 aliphatic heterocycles. The Hall–Kier alpha value is -1.12. The second-order valence-electron chi connectivity index (χ2n) is 3.75. The number of nitrogens with zero attached hydrogens (tertiary/aromatic N) is 1. The number of aromatic hydroxyl groups is 1. The normalized spacial score (nSPS) is 17.7. The number of isocyanates is 1. The molecule has 1 saturated carbocycles. The summed E-state index contributed by atoms with van der Waals surface area (Å²) >= 11 is 3.41. The maximum atomic E-state index is 10.4. The van der Waals surface area contributed by atoms with E-state index in [1.54, 1.807) is 24.3 Å². The molecule has 1 N–H and O–H groups in total. The maximum absolute atomic E-state index is 10.4. The second-order valence-corrected chi connectivity index (χ2v) is 4.61. The second kappa shape index (κ2) is 3.80. The molecule has 1 aromatic carbocycles. The number of rotatable bonds is 2. The van der Waals surface area contributed by atoms with Gasteiger partial charge in [-0.1, -0.05) is 15.9 Å². The van der Waals surface area contributed by atoms with Crippen molar-refractivity contribution in [2.75, 3.05) is 0 Å². The number of benzene rings is 1. The van der Waals surface area contributed by atoms with E-state index in [9.17, 15) is 9.90 Å². The van der Waals surface area contributed by atoms with Gasteiger partial charge in [-0.3, -0.25) is 0 Å². The molecule has 0 spiro atoms. The Balaban J connectivity index is 2.51. The summed E-state index contributed by atoms with van der Waals surface area (Å²) < 4.78 is 0.874. The Morgan fingerprint density at radius 2 is 2.20 bits per heavy atom. The highest BCUT2D eigenvalue weighted by atomic mass is 79.9. The SMILES string of the molecule is O=C=NC1(c2cc(O)ccc2Br)CCC1. The van der Waals surface area contributed by atoms with Crippen molar-refractivity contribution in [1.29, 1.82) is 0 Å². The van der Waals surface area contributed by atoms with Crippen molar-refractivity contribution in [2.24, 2.45) is 4.99 Å². The topological polar surface area (TPSA) is 49.7 Å². The van der Waals surface area contributed by atoms with Crippen molar-refractivity contribution in [1.82, 2.24) is 0 Å². The third kappa shape index (κ3) is 1.71. The summed E-state index contributed by atoms with van der Waals surface area (Å²) in [5, 5.41) is 9.43. The van der Waals surface area contributed by atoms with Crippen molar-refractivity contribution < 1.29 is 9.90 Å². The Labute approximate surface area is 96.0 Å². The molecule has 0 unspecified atom stereocenters. The largest absolute Gasteiger partial charge is 0.508 e. The number of carbonyl (C=O) groups excluding carboxylic acids is 1. The van der Waals surface area contributed by atoms with Gasteiger partial charge in [0.15, 0.2) is 0 Å². The van der Waals surface area contributed by atoms with Crippen molar-refractivity contribution >= 4 is 22.0 Å². The lowest BCUT2D eigenvalue weighted by Crippen LogP contribution is -2.32. The predicted molar refractivity (Wildman–Crippen MR) is 59.5 cm³/mol. The first kappa shape index (κ1) is 10.4. The van der Waals surface area contributed by atoms with Crippen molar-refractivity contribution in [2.45, 2.75) is 24.8 Å². The fourth-order valence-electron chi connectivity index (χ4n) is 1.91. The van der Waals surface area contributed by atoms with Crippen molar-refractivity contribution in [3.63, 3.8) is 0 Å². The monoisotopic (exact) mass is 267 g/mol. The van der Waals surface area contributed by atoms with Crippen LogP contribution >= 0.6 is 15.9 Å². The summed E-state index contributed by atoms with van der Waals surface area (Å²) in [6, 6.07) is 5.03. The molecule has 4 heteroatoms. The van der Waals surface area contributed by atoms with Gasteiger partial charge in [-0.05, 0) is 43.0 Å². The van der Waals surface area contributed by atoms with Crippen LogP contribution in [0.2, 0.25) is 0 Å². The molecule has 1 aliphatic rings. The zero-order valence-corrected chi connectivity index (χ0v) is 9.62. The molecule has 0 saturated heterocycles. The fraction of sp³-hybridized carbons (Fsp3) is 0.364. The predicted octanol–water partition coefficient (Wildman–Crippen LogP) is 2.87. The first-order chi connectivity index (χ1) is 7.18. The zero-order chi connectivity index (χ0) is 10.9. The average Bonchev–Trinajstić information content (AvgIpc) is 2.16. The minimum absolute atomic E-state index is 0.195. The van der Waals surface area contributed by atoms with Crippen LogP contribution in [0, 0.1) is 0 Å². The van der Waals surface area contributed by atoms with Gasteiger partial charge in [-0.25, -0.2) is 4.79 Å². The zero-order valence-electron chi connectivity index (χ0n) is 8.03. The molecule has 0 bridgehead atoms. The lowest BCUT2D eigenvalue weighted by atomic mass is 9.72. The van der Waals surface area contributed by atoms with Crippen LogP contribution in [0.1, 0.15) is 24.8 Å². The molecule has 0 atom stereocenters. The molecule has 0 heterocycles. The van der Waals surface area contributed by atoms with Crippen LogP contribution in [-0.4, -0.2) is 11.2 Å². The van der Waals surface area contributed by atoms with Crippen molar-refractivity contribution in [3.05, 3.63) is 28.2 Å². The summed E-state index contributed by atoms with van der Waals surface area (Å²) in [6.07, 6.45) is 4.35. The van der Waals surface area contributed by atoms with E-state index in [0.717, 1.165) is 29.3 Å². The van der Waals surface area contributed by atoms with E-state index < -0.39 is 5.54 Å². The highest BCUT2D eigenvalue weighted by molar-refractivity contribution is 9.10. The summed E-state index contributed by atoms with van der Waals surface area (Å²) in [7, 11) is 0. The van der Waals surface area contributed by atoms with Crippen LogP contribution in [0.15, 0.2) is 27.7 Å². The first-order valence-corrected chi connectivity index (χ1v) is 5.55. The molecule has 1 aliphatic carbocycles. The van der Waals surface area contributed by atoms with Gasteiger partial charge < -0.3 is 5.11 Å². The Morgan fingerprint density at radius 3 is 2.73 bits per heavy atom. The van der Waals surface area contributed by atoms with Gasteiger partial charge in [0.2, 0.25) is 6.08 Å². The van der Waals surface area contributed by atoms with Crippen LogP contribution in [0.4, 0.5) is 0 Å². The molecular weight excluding hydrogens is 258 g/mol. The number of phenols is 1. The van der Waals surface area contributed by atoms with Gasteiger partial charge in [0.25, 0.3) is 0 Å². The van der Waals surface area contributed by atoms with Crippen LogP contribution in [0.5, 0.6) is 5.75 Å². The molecule has 0 radical (unpaired) electrons. The van der Waals surface area contributed by atoms with Gasteiger partial charge in [0.1, 0.15) is 5.75 Å². The number of hydrogen-bond acceptors (Lipinski definition) is 3. The fourth-order valence-corrected chi connectivity index (χ4v) is 2.53. The number of phenolic OH excluding ortho intramolecular Hbond substituents is 1. The third-order valence-electron chi connectivity index (χ3n) is 2.89. The average molecular weight is 268 g/mol. The van der Waals surface area contributed by atoms with Gasteiger partial charge in [-0.15, -0.1) is 0 Å². The highest BCUT2D eigenvalue weighted by Crippen LogP contribution is 2.47. The molecule has 3 nitrogen and oxygen atoms in total. The molecule has 0 amide bonds. The van der Waals surface area contributed by atoms with E-state index in [1.165, 1.54) is 0 Å². The number of halogens is 1. The third-order valence-corrected chi connectivity index (χ3v) is 3.58. The molecule has 2 rings (SSSR count). The lowest BCUT2D eigenvalue weighted by molar-refractivity contribution is 0.254. The van der Waals surface area contributed by atoms with E-state index in [4.69, 9.17) is 0 Å². The Kier molecular flexibility index (Phi) is 2.63. The summed E-state index contributed by atoms with van der Waals surface area (Å²) in [4.78, 5) is 14.3. The smallest absolute Gasteiger partial charge is 0.235 e. The molecule has 1 fully saturated rings. The van der Waals surface area contributed by atoms with Gasteiger partial charge in [0, 0.05) is 4.47 Å². The van der Waals surface area contributed by atoms with Gasteiger partial charge in [-0.2, -0.15) is 4.99 Å². The molecule has 0 aromatic heterocycles. The standard InChI is InChI=1S/C11H10BrNO2/c12-10-3-2-8(15)6-9(10)11(13-7-14)4-1-5-11/h2-3,6,15H,1,4-5H2. The quantitative estimate of drug-likeness (QED) is 0.662. The maximum Gasteiger partial charge on any atom is 0.235 e. The van der Waals surface area contributed by atoms with Crippen LogP contribution in [0.25, 0.3) is 0 Å². The minimum Gasteiger partial charge on any atom is -0.508 e. The number of aliphatic imine (C=N–C) groups is 1. The van der Waals surface area contributed by atoms with Crippen LogP contribution in [-0.2, 0) is 10.3 Å². The van der Waals surface area contributed by atoms with Gasteiger partial charge >= 0.3 is 0 Å². The van der Waals surface area contributed by atoms with E-state index in [2.05, 4.69) is 20.9 Å². The molecule has 1 aromatic rings. The van der Waals surface area contributed by atoms with E-state index in [0.29, 0.717) is 0 Å². The summed E-state index contributed by atoms with van der Waals surface area (Å²) in [5.74, 6) is 0.195. The molecule has 15 heavy (non-hydrogen) atoms. The number of hydrogen-bond donors (Lipinski definition) is 1. The van der Waals surface area contributed by atoms with E-state index in [1.807, 2.05) is 0 Å². The Bertz CT molecular complexity index is 434. The minimum atomic E-state index is -0.459. The molecule has 78 valence electrons. The summed E-state index contributed by atoms with van der Waals surface area (Å²) in [5.41, 5.74) is 0.413. The molecular formula is C11H10BrNO2.